The van der Waals surface area contributed by atoms with E-state index in [1.54, 1.807) is 0 Å². The molecule has 1 heterocycles. The van der Waals surface area contributed by atoms with Crippen LogP contribution in [-0.2, 0) is 0 Å². The Bertz CT molecular complexity index is 655. The number of nitrogens with one attached hydrogen (secondary N) is 1. The lowest BCUT2D eigenvalue weighted by Crippen LogP contribution is -2.46. The molecule has 0 radical (unpaired) electrons. The summed E-state index contributed by atoms with van der Waals surface area (Å²) in [5, 5.41) is 2.16. The van der Waals surface area contributed by atoms with Crippen LogP contribution in [0.2, 0.25) is 0 Å². The van der Waals surface area contributed by atoms with Crippen LogP contribution < -0.4 is 14.8 Å². The summed E-state index contributed by atoms with van der Waals surface area (Å²) < 4.78 is 96.2. The fourth-order valence-electron chi connectivity index (χ4n) is 2.60. The van der Waals surface area contributed by atoms with Gasteiger partial charge in [-0.25, -0.2) is 4.79 Å². The van der Waals surface area contributed by atoms with Gasteiger partial charge in [-0.3, -0.25) is 0 Å². The number of amides is 2. The van der Waals surface area contributed by atoms with Crippen molar-refractivity contribution in [2.45, 2.75) is 32.2 Å². The zero-order valence-corrected chi connectivity index (χ0v) is 13.6. The lowest BCUT2D eigenvalue weighted by molar-refractivity contribution is -0.183. The van der Waals surface area contributed by atoms with Gasteiger partial charge in [0.05, 0.1) is 11.6 Å². The molecule has 1 aromatic rings. The van der Waals surface area contributed by atoms with Gasteiger partial charge in [0.1, 0.15) is 5.75 Å². The van der Waals surface area contributed by atoms with Crippen LogP contribution in [0.15, 0.2) is 18.2 Å². The molecular formula is C15H15F7N2O3. The van der Waals surface area contributed by atoms with E-state index in [-0.39, 0.29) is 25.1 Å². The minimum atomic E-state index is -4.46. The molecule has 1 aliphatic heterocycles. The van der Waals surface area contributed by atoms with Gasteiger partial charge in [-0.05, 0) is 25.0 Å². The Balaban J connectivity index is 2.13. The number of hydrogen-bond donors (Lipinski definition) is 1. The monoisotopic (exact) mass is 404 g/mol. The predicted molar refractivity (Wildman–Crippen MR) is 79.1 cm³/mol. The van der Waals surface area contributed by atoms with Gasteiger partial charge in [-0.1, -0.05) is 0 Å². The topological polar surface area (TPSA) is 50.8 Å². The molecule has 27 heavy (non-hydrogen) atoms. The first-order chi connectivity index (χ1) is 12.6. The van der Waals surface area contributed by atoms with Crippen molar-refractivity contribution in [2.24, 2.45) is 5.92 Å². The van der Waals surface area contributed by atoms with Crippen molar-refractivity contribution in [3.05, 3.63) is 18.2 Å². The van der Waals surface area contributed by atoms with Crippen molar-refractivity contribution in [3.8, 4) is 11.5 Å². The number of carbonyl (C=O) groups excluding carboxylic acids is 1. The van der Waals surface area contributed by atoms with Gasteiger partial charge in [0.15, 0.2) is 5.75 Å². The highest BCUT2D eigenvalue weighted by Gasteiger charge is 2.42. The van der Waals surface area contributed by atoms with Crippen LogP contribution in [0.25, 0.3) is 0 Å². The van der Waals surface area contributed by atoms with Gasteiger partial charge in [-0.15, -0.1) is 0 Å². The Morgan fingerprint density at radius 2 is 1.81 bits per heavy atom. The molecule has 5 nitrogen and oxygen atoms in total. The Kier molecular flexibility index (Phi) is 6.60. The number of alkyl halides is 7. The highest BCUT2D eigenvalue weighted by Crippen LogP contribution is 2.35. The van der Waals surface area contributed by atoms with Crippen molar-refractivity contribution in [1.82, 2.24) is 4.90 Å². The number of urea groups is 1. The number of anilines is 1. The van der Waals surface area contributed by atoms with Gasteiger partial charge < -0.3 is 19.7 Å². The number of carbonyl (C=O) groups is 1. The van der Waals surface area contributed by atoms with E-state index in [4.69, 9.17) is 0 Å². The van der Waals surface area contributed by atoms with E-state index in [9.17, 15) is 35.5 Å². The van der Waals surface area contributed by atoms with E-state index in [1.165, 1.54) is 0 Å². The minimum Gasteiger partial charge on any atom is -0.435 e. The predicted octanol–water partition coefficient (Wildman–Crippen LogP) is 4.70. The molecular weight excluding hydrogens is 389 g/mol. The van der Waals surface area contributed by atoms with Gasteiger partial charge in [0, 0.05) is 19.2 Å². The molecule has 0 saturated carbocycles. The highest BCUT2D eigenvalue weighted by molar-refractivity contribution is 5.91. The molecule has 1 atom stereocenters. The summed E-state index contributed by atoms with van der Waals surface area (Å²) in [7, 11) is 0. The highest BCUT2D eigenvalue weighted by atomic mass is 19.4. The molecule has 0 aromatic heterocycles. The molecule has 2 rings (SSSR count). The summed E-state index contributed by atoms with van der Waals surface area (Å²) in [5.74, 6) is -2.84. The molecule has 12 heteroatoms. The lowest BCUT2D eigenvalue weighted by Gasteiger charge is -2.33. The Hall–Kier alpha value is -2.40. The first kappa shape index (κ1) is 20.9. The maximum Gasteiger partial charge on any atom is 0.393 e. The molecule has 0 unspecified atom stereocenters. The van der Waals surface area contributed by atoms with Crippen LogP contribution in [0.1, 0.15) is 12.8 Å². The second kappa shape index (κ2) is 8.53. The van der Waals surface area contributed by atoms with Crippen molar-refractivity contribution in [3.63, 3.8) is 0 Å². The average molecular weight is 404 g/mol. The van der Waals surface area contributed by atoms with Crippen LogP contribution in [0.3, 0.4) is 0 Å². The van der Waals surface area contributed by atoms with Gasteiger partial charge in [0.2, 0.25) is 0 Å². The molecule has 0 spiro atoms. The third-order valence-electron chi connectivity index (χ3n) is 3.81. The van der Waals surface area contributed by atoms with E-state index < -0.39 is 49.4 Å². The van der Waals surface area contributed by atoms with Crippen molar-refractivity contribution < 1.29 is 45.0 Å². The van der Waals surface area contributed by atoms with Crippen LogP contribution >= 0.6 is 0 Å². The first-order valence-electron chi connectivity index (χ1n) is 7.72. The minimum absolute atomic E-state index is 0.0516. The zero-order valence-electron chi connectivity index (χ0n) is 13.6. The van der Waals surface area contributed by atoms with Crippen LogP contribution in [0.5, 0.6) is 11.5 Å². The van der Waals surface area contributed by atoms with Crippen LogP contribution in [0, 0.1) is 5.92 Å². The molecule has 1 aromatic carbocycles. The van der Waals surface area contributed by atoms with Gasteiger partial charge >= 0.3 is 25.4 Å². The number of ether oxygens (including phenoxy) is 2. The molecule has 1 fully saturated rings. The fraction of sp³-hybridized carbons (Fsp3) is 0.533. The number of piperidine rings is 1. The quantitative estimate of drug-likeness (QED) is 0.725. The SMILES string of the molecule is O=C(Nc1ccc(OC(F)F)cc1OC(F)F)N1CCC[C@H](C(F)(F)F)C1. The zero-order chi connectivity index (χ0) is 20.2. The number of nitrogens with zero attached hydrogens (tertiary/aromatic N) is 1. The molecule has 0 aliphatic carbocycles. The smallest absolute Gasteiger partial charge is 0.393 e. The van der Waals surface area contributed by atoms with Gasteiger partial charge in [0.25, 0.3) is 0 Å². The normalized spacial score (nSPS) is 18.0. The van der Waals surface area contributed by atoms with Crippen molar-refractivity contribution >= 4 is 11.7 Å². The lowest BCUT2D eigenvalue weighted by atomic mass is 9.98. The molecule has 2 amide bonds. The summed E-state index contributed by atoms with van der Waals surface area (Å²) in [6.07, 6.45) is -4.46. The van der Waals surface area contributed by atoms with Crippen LogP contribution in [0.4, 0.5) is 41.2 Å². The summed E-state index contributed by atoms with van der Waals surface area (Å²) in [5.41, 5.74) is -0.323. The van der Waals surface area contributed by atoms with E-state index >= 15 is 0 Å². The largest absolute Gasteiger partial charge is 0.435 e. The molecule has 1 saturated heterocycles. The first-order valence-corrected chi connectivity index (χ1v) is 7.72. The molecule has 0 bridgehead atoms. The van der Waals surface area contributed by atoms with E-state index in [0.29, 0.717) is 6.07 Å². The molecule has 1 N–H and O–H groups in total. The average Bonchev–Trinajstić information content (AvgIpc) is 2.55. The number of likely N-dealkylation sites (tertiary alicyclic amines) is 1. The Labute approximate surface area is 149 Å². The molecule has 152 valence electrons. The number of rotatable bonds is 5. The fourth-order valence-corrected chi connectivity index (χ4v) is 2.60. The summed E-state index contributed by atoms with van der Waals surface area (Å²) in [4.78, 5) is 13.1. The van der Waals surface area contributed by atoms with E-state index in [2.05, 4.69) is 14.8 Å². The third kappa shape index (κ3) is 6.07. The Morgan fingerprint density at radius 1 is 1.15 bits per heavy atom. The maximum atomic E-state index is 12.8. The van der Waals surface area contributed by atoms with Crippen molar-refractivity contribution in [1.29, 1.82) is 0 Å². The summed E-state index contributed by atoms with van der Waals surface area (Å²) in [6.45, 7) is -7.06. The van der Waals surface area contributed by atoms with E-state index in [1.807, 2.05) is 0 Å². The summed E-state index contributed by atoms with van der Waals surface area (Å²) in [6, 6.07) is 1.70. The second-order valence-electron chi connectivity index (χ2n) is 5.67. The molecule has 1 aliphatic rings. The Morgan fingerprint density at radius 3 is 2.41 bits per heavy atom. The summed E-state index contributed by atoms with van der Waals surface area (Å²) >= 11 is 0. The van der Waals surface area contributed by atoms with E-state index in [0.717, 1.165) is 17.0 Å². The van der Waals surface area contributed by atoms with Gasteiger partial charge in [-0.2, -0.15) is 30.7 Å². The third-order valence-corrected chi connectivity index (χ3v) is 3.81. The maximum absolute atomic E-state index is 12.8. The second-order valence-corrected chi connectivity index (χ2v) is 5.67. The van der Waals surface area contributed by atoms with Crippen LogP contribution in [-0.4, -0.2) is 43.4 Å². The number of benzene rings is 1. The number of halogens is 7. The van der Waals surface area contributed by atoms with Crippen molar-refractivity contribution in [2.75, 3.05) is 18.4 Å². The number of hydrogen-bond acceptors (Lipinski definition) is 3. The standard InChI is InChI=1S/C15H15F7N2O3/c16-12(17)26-9-3-4-10(11(6-9)27-13(18)19)23-14(25)24-5-1-2-8(7-24)15(20,21)22/h3-4,6,8,12-13H,1-2,5,7H2,(H,23,25)/t8-/m0/s1.